The van der Waals surface area contributed by atoms with E-state index in [9.17, 15) is 23.9 Å². The second-order valence-corrected chi connectivity index (χ2v) is 8.14. The maximum Gasteiger partial charge on any atom is 0.410 e. The normalized spacial score (nSPS) is 17.8. The first-order valence-corrected chi connectivity index (χ1v) is 10.8. The van der Waals surface area contributed by atoms with Crippen LogP contribution in [0.3, 0.4) is 0 Å². The van der Waals surface area contributed by atoms with Gasteiger partial charge in [-0.3, -0.25) is 9.59 Å². The molecule has 3 aromatic rings. The van der Waals surface area contributed by atoms with E-state index in [1.54, 1.807) is 31.2 Å². The fourth-order valence-corrected chi connectivity index (χ4v) is 3.90. The molecule has 1 atom stereocenters. The third-order valence-electron chi connectivity index (χ3n) is 5.25. The zero-order valence-electron chi connectivity index (χ0n) is 18.1. The predicted molar refractivity (Wildman–Crippen MR) is 121 cm³/mol. The molecule has 9 nitrogen and oxygen atoms in total. The highest BCUT2D eigenvalue weighted by Crippen LogP contribution is 2.32. The lowest BCUT2D eigenvalue weighted by Crippen LogP contribution is -2.46. The molecule has 1 aliphatic heterocycles. The van der Waals surface area contributed by atoms with Crippen molar-refractivity contribution in [3.8, 4) is 0 Å². The summed E-state index contributed by atoms with van der Waals surface area (Å²) in [5.74, 6) is -3.96. The maximum atomic E-state index is 13.4. The molecule has 1 fully saturated rings. The number of anilines is 1. The Bertz CT molecular complexity index is 1260. The minimum absolute atomic E-state index is 0.0919. The van der Waals surface area contributed by atoms with Crippen molar-refractivity contribution in [1.82, 2.24) is 10.6 Å². The number of halogens is 2. The molecule has 2 aromatic carbocycles. The van der Waals surface area contributed by atoms with Crippen LogP contribution in [-0.2, 0) is 16.1 Å². The first kappa shape index (κ1) is 23.5. The summed E-state index contributed by atoms with van der Waals surface area (Å²) in [6.45, 7) is 2.22. The number of carbonyl (C=O) groups is 3. The number of aliphatic hydroxyl groups is 1. The summed E-state index contributed by atoms with van der Waals surface area (Å²) in [5, 5.41) is 16.4. The number of nitrogens with one attached hydrogen (secondary N) is 2. The van der Waals surface area contributed by atoms with Crippen molar-refractivity contribution in [2.24, 2.45) is 0 Å². The first-order chi connectivity index (χ1) is 16.2. The topological polar surface area (TPSA) is 121 Å². The lowest BCUT2D eigenvalue weighted by atomic mass is 10.2. The highest BCUT2D eigenvalue weighted by Gasteiger charge is 2.49. The fraction of sp³-hybridized carbons (Fsp3) is 0.261. The molecular weight excluding hydrogens is 469 g/mol. The molecular formula is C23H21ClFN3O6. The number of alkyl carbamates (subject to hydrolysis) is 1. The lowest BCUT2D eigenvalue weighted by molar-refractivity contribution is -0.175. The number of rotatable bonds is 6. The zero-order valence-corrected chi connectivity index (χ0v) is 18.8. The summed E-state index contributed by atoms with van der Waals surface area (Å²) >= 11 is 5.79. The Morgan fingerprint density at radius 2 is 2.03 bits per heavy atom. The predicted octanol–water partition coefficient (Wildman–Crippen LogP) is 3.33. The van der Waals surface area contributed by atoms with E-state index in [4.69, 9.17) is 20.8 Å². The average Bonchev–Trinajstić information content (AvgIpc) is 3.33. The first-order valence-electron chi connectivity index (χ1n) is 10.5. The van der Waals surface area contributed by atoms with Gasteiger partial charge in [0, 0.05) is 42.2 Å². The highest BCUT2D eigenvalue weighted by atomic mass is 35.5. The molecule has 3 amide bonds. The van der Waals surface area contributed by atoms with Gasteiger partial charge in [-0.2, -0.15) is 0 Å². The molecule has 0 aliphatic carbocycles. The van der Waals surface area contributed by atoms with Gasteiger partial charge < -0.3 is 29.8 Å². The molecule has 0 saturated carbocycles. The summed E-state index contributed by atoms with van der Waals surface area (Å²) in [6.07, 6.45) is -1.20. The SMILES string of the molecule is CCNC(=O)c1cc2cc(N3CC[C@](O)(OC(=O)NCc4cc(F)cc(Cl)c4)C3=O)ccc2o1. The van der Waals surface area contributed by atoms with Crippen LogP contribution in [0.5, 0.6) is 0 Å². The van der Waals surface area contributed by atoms with Crippen molar-refractivity contribution < 1.29 is 33.0 Å². The van der Waals surface area contributed by atoms with Gasteiger partial charge in [-0.05, 0) is 55.0 Å². The smallest absolute Gasteiger partial charge is 0.410 e. The molecule has 1 saturated heterocycles. The quantitative estimate of drug-likeness (QED) is 0.457. The summed E-state index contributed by atoms with van der Waals surface area (Å²) < 4.78 is 24.0. The van der Waals surface area contributed by atoms with E-state index in [1.807, 2.05) is 0 Å². The number of benzene rings is 2. The van der Waals surface area contributed by atoms with E-state index in [-0.39, 0.29) is 36.2 Å². The minimum atomic E-state index is -2.36. The summed E-state index contributed by atoms with van der Waals surface area (Å²) in [4.78, 5) is 38.3. The molecule has 2 heterocycles. The standard InChI is InChI=1S/C23H21ClFN3O6/c1-2-26-20(29)19-10-14-9-17(3-4-18(14)33-19)28-6-5-23(32,21(28)30)34-22(31)27-12-13-7-15(24)11-16(25)8-13/h3-4,7-11,32H,2,5-6,12H2,1H3,(H,26,29)(H,27,31)/t23-/m0/s1. The van der Waals surface area contributed by atoms with Crippen LogP contribution in [0.2, 0.25) is 5.02 Å². The Morgan fingerprint density at radius 1 is 1.24 bits per heavy atom. The van der Waals surface area contributed by atoms with Gasteiger partial charge in [0.1, 0.15) is 11.4 Å². The molecule has 0 spiro atoms. The Labute approximate surface area is 198 Å². The van der Waals surface area contributed by atoms with E-state index in [0.717, 1.165) is 6.07 Å². The van der Waals surface area contributed by atoms with Gasteiger partial charge in [-0.25, -0.2) is 9.18 Å². The average molecular weight is 490 g/mol. The molecule has 11 heteroatoms. The molecule has 0 bridgehead atoms. The number of fused-ring (bicyclic) bond motifs is 1. The van der Waals surface area contributed by atoms with Gasteiger partial charge in [-0.1, -0.05) is 11.6 Å². The van der Waals surface area contributed by atoms with Gasteiger partial charge in [-0.15, -0.1) is 0 Å². The van der Waals surface area contributed by atoms with E-state index < -0.39 is 23.6 Å². The maximum absolute atomic E-state index is 13.4. The summed E-state index contributed by atoms with van der Waals surface area (Å²) in [5.41, 5.74) is 1.28. The van der Waals surface area contributed by atoms with Crippen LogP contribution in [0.25, 0.3) is 11.0 Å². The summed E-state index contributed by atoms with van der Waals surface area (Å²) in [6, 6.07) is 10.2. The third kappa shape index (κ3) is 4.82. The van der Waals surface area contributed by atoms with Crippen molar-refractivity contribution in [1.29, 1.82) is 0 Å². The number of hydrogen-bond acceptors (Lipinski definition) is 6. The lowest BCUT2D eigenvalue weighted by Gasteiger charge is -2.22. The highest BCUT2D eigenvalue weighted by molar-refractivity contribution is 6.30. The van der Waals surface area contributed by atoms with E-state index >= 15 is 0 Å². The molecule has 1 aliphatic rings. The number of carbonyl (C=O) groups excluding carboxylic acids is 3. The van der Waals surface area contributed by atoms with Crippen LogP contribution in [0.4, 0.5) is 14.9 Å². The van der Waals surface area contributed by atoms with E-state index in [1.165, 1.54) is 17.0 Å². The van der Waals surface area contributed by atoms with Gasteiger partial charge in [0.2, 0.25) is 0 Å². The van der Waals surface area contributed by atoms with Crippen molar-refractivity contribution in [2.75, 3.05) is 18.0 Å². The fourth-order valence-electron chi connectivity index (χ4n) is 3.66. The zero-order chi connectivity index (χ0) is 24.5. The molecule has 0 unspecified atom stereocenters. The van der Waals surface area contributed by atoms with Crippen LogP contribution in [-0.4, -0.2) is 41.9 Å². The molecule has 178 valence electrons. The van der Waals surface area contributed by atoms with Gasteiger partial charge in [0.05, 0.1) is 0 Å². The Hall–Kier alpha value is -3.63. The number of ether oxygens (including phenoxy) is 1. The minimum Gasteiger partial charge on any atom is -0.451 e. The molecule has 3 N–H and O–H groups in total. The van der Waals surface area contributed by atoms with Gasteiger partial charge in [0.15, 0.2) is 5.76 Å². The van der Waals surface area contributed by atoms with Crippen LogP contribution in [0, 0.1) is 5.82 Å². The number of amides is 3. The monoisotopic (exact) mass is 489 g/mol. The molecule has 4 rings (SSSR count). The third-order valence-corrected chi connectivity index (χ3v) is 5.47. The van der Waals surface area contributed by atoms with Crippen molar-refractivity contribution in [3.63, 3.8) is 0 Å². The Balaban J connectivity index is 1.43. The molecule has 34 heavy (non-hydrogen) atoms. The van der Waals surface area contributed by atoms with Crippen LogP contribution >= 0.6 is 11.6 Å². The Kier molecular flexibility index (Phi) is 6.45. The summed E-state index contributed by atoms with van der Waals surface area (Å²) in [7, 11) is 0. The largest absolute Gasteiger partial charge is 0.451 e. The second-order valence-electron chi connectivity index (χ2n) is 7.70. The van der Waals surface area contributed by atoms with Crippen molar-refractivity contribution in [3.05, 3.63) is 64.6 Å². The van der Waals surface area contributed by atoms with E-state index in [0.29, 0.717) is 28.8 Å². The van der Waals surface area contributed by atoms with Gasteiger partial charge >= 0.3 is 6.09 Å². The van der Waals surface area contributed by atoms with Crippen molar-refractivity contribution >= 4 is 46.2 Å². The van der Waals surface area contributed by atoms with Crippen molar-refractivity contribution in [2.45, 2.75) is 25.7 Å². The molecule has 1 aromatic heterocycles. The van der Waals surface area contributed by atoms with Crippen LogP contribution in [0.15, 0.2) is 46.9 Å². The van der Waals surface area contributed by atoms with Crippen LogP contribution < -0.4 is 15.5 Å². The van der Waals surface area contributed by atoms with E-state index in [2.05, 4.69) is 10.6 Å². The van der Waals surface area contributed by atoms with Crippen LogP contribution in [0.1, 0.15) is 29.5 Å². The second kappa shape index (κ2) is 9.32. The molecule has 0 radical (unpaired) electrons. The number of furan rings is 1. The van der Waals surface area contributed by atoms with Gasteiger partial charge in [0.25, 0.3) is 17.6 Å². The number of hydrogen-bond donors (Lipinski definition) is 3. The number of nitrogens with zero attached hydrogens (tertiary/aromatic N) is 1. The Morgan fingerprint density at radius 3 is 2.76 bits per heavy atom.